The number of allylic oxidation sites excluding steroid dienone is 8. The lowest BCUT2D eigenvalue weighted by Gasteiger charge is -2.13. The molecule has 0 radical (unpaired) electrons. The molecule has 1 aliphatic carbocycles. The summed E-state index contributed by atoms with van der Waals surface area (Å²) in [6, 6.07) is 0. The molecule has 4 N–H and O–H groups in total. The van der Waals surface area contributed by atoms with E-state index in [4.69, 9.17) is 9.84 Å². The normalized spacial score (nSPS) is 17.5. The minimum absolute atomic E-state index is 0.0500. The van der Waals surface area contributed by atoms with Crippen molar-refractivity contribution in [2.75, 3.05) is 19.8 Å². The quantitative estimate of drug-likeness (QED) is 0.302. The summed E-state index contributed by atoms with van der Waals surface area (Å²) < 4.78 is 22.9. The molecule has 0 amide bonds. The summed E-state index contributed by atoms with van der Waals surface area (Å²) in [5.74, 6) is 4.64. The van der Waals surface area contributed by atoms with Gasteiger partial charge in [-0.2, -0.15) is 0 Å². The molecule has 1 unspecified atom stereocenters. The molecule has 0 fully saturated rings. The highest BCUT2D eigenvalue weighted by molar-refractivity contribution is 5.67. The van der Waals surface area contributed by atoms with Gasteiger partial charge in [-0.15, -0.1) is 0 Å². The number of ether oxygens (including phenoxy) is 2. The lowest BCUT2D eigenvalue weighted by atomic mass is 10.1. The average Bonchev–Trinajstić information content (AvgIpc) is 2.69. The Hall–Kier alpha value is -2.70. The molecule has 0 heterocycles. The van der Waals surface area contributed by atoms with E-state index < -0.39 is 30.9 Å². The smallest absolute Gasteiger partial charge is 0.329 e. The number of carbonyl (C=O) groups is 1. The van der Waals surface area contributed by atoms with Crippen molar-refractivity contribution in [2.24, 2.45) is 0 Å². The molecule has 0 bridgehead atoms. The number of aliphatic hydroxyl groups excluding tert-OH is 3. The summed E-state index contributed by atoms with van der Waals surface area (Å²) in [5, 5.41) is 37.3. The second kappa shape index (κ2) is 14.3. The molecule has 158 valence electrons. The lowest BCUT2D eigenvalue weighted by molar-refractivity contribution is -0.143. The molecule has 0 aromatic rings. The predicted molar refractivity (Wildman–Crippen MR) is 104 cm³/mol. The van der Waals surface area contributed by atoms with Gasteiger partial charge in [0.25, 0.3) is 0 Å². The standard InChI is InChI=1S/C21H25FO7/c22-16-9-11-18(12-10-16)29-13-17(23)7-5-3-1-2-4-6-8-19(24)20(25)14-28-15-21(26)27/h2,4-9,11,17,19-20,23-25H,10,12-15H2,(H,26,27)/b4-2+,7-5+,8-6+/t17?,19-,20+/m1/s1. The number of carboxylic acids is 1. The highest BCUT2D eigenvalue weighted by Gasteiger charge is 2.13. The van der Waals surface area contributed by atoms with Gasteiger partial charge >= 0.3 is 5.97 Å². The molecule has 0 spiro atoms. The Balaban J connectivity index is 2.25. The zero-order valence-electron chi connectivity index (χ0n) is 15.8. The minimum atomic E-state index is -1.24. The van der Waals surface area contributed by atoms with Crippen LogP contribution >= 0.6 is 0 Å². The Morgan fingerprint density at radius 3 is 2.55 bits per heavy atom. The van der Waals surface area contributed by atoms with Crippen LogP contribution in [0, 0.1) is 11.8 Å². The van der Waals surface area contributed by atoms with Gasteiger partial charge in [-0.3, -0.25) is 0 Å². The van der Waals surface area contributed by atoms with Crippen LogP contribution in [-0.4, -0.2) is 64.5 Å². The second-order valence-corrected chi connectivity index (χ2v) is 5.98. The van der Waals surface area contributed by atoms with Crippen LogP contribution in [0.3, 0.4) is 0 Å². The van der Waals surface area contributed by atoms with E-state index in [9.17, 15) is 24.5 Å². The van der Waals surface area contributed by atoms with Gasteiger partial charge in [-0.05, 0) is 30.4 Å². The van der Waals surface area contributed by atoms with Gasteiger partial charge in [-0.25, -0.2) is 9.18 Å². The average molecular weight is 408 g/mol. The number of hydrogen-bond donors (Lipinski definition) is 4. The van der Waals surface area contributed by atoms with E-state index in [1.807, 2.05) is 0 Å². The SMILES string of the molecule is O=C(O)COC[C@H](O)[C@H](O)/C=C/C=C/C#C/C=C/C(O)COC1=CC=C(F)CC1. The van der Waals surface area contributed by atoms with Gasteiger partial charge in [0.1, 0.15) is 37.4 Å². The van der Waals surface area contributed by atoms with Crippen molar-refractivity contribution >= 4 is 5.97 Å². The fraction of sp³-hybridized carbons (Fsp3) is 0.381. The van der Waals surface area contributed by atoms with Crippen LogP contribution in [0.15, 0.2) is 60.2 Å². The molecule has 7 nitrogen and oxygen atoms in total. The van der Waals surface area contributed by atoms with Gasteiger partial charge in [0, 0.05) is 12.8 Å². The summed E-state index contributed by atoms with van der Waals surface area (Å²) >= 11 is 0. The molecule has 0 saturated carbocycles. The van der Waals surface area contributed by atoms with Crippen molar-refractivity contribution in [2.45, 2.75) is 31.2 Å². The zero-order valence-corrected chi connectivity index (χ0v) is 15.8. The molecule has 0 aromatic heterocycles. The maximum atomic E-state index is 12.8. The van der Waals surface area contributed by atoms with Crippen LogP contribution in [-0.2, 0) is 14.3 Å². The molecule has 1 rings (SSSR count). The van der Waals surface area contributed by atoms with Gasteiger partial charge in [0.15, 0.2) is 0 Å². The number of halogens is 1. The van der Waals surface area contributed by atoms with Crippen LogP contribution in [0.25, 0.3) is 0 Å². The number of rotatable bonds is 11. The Kier molecular flexibility index (Phi) is 12.0. The third kappa shape index (κ3) is 12.4. The summed E-state index contributed by atoms with van der Waals surface area (Å²) in [5.41, 5.74) is 0. The third-order valence-electron chi connectivity index (χ3n) is 3.49. The minimum Gasteiger partial charge on any atom is -0.495 e. The molecular formula is C21H25FO7. The van der Waals surface area contributed by atoms with Gasteiger partial charge in [-0.1, -0.05) is 30.1 Å². The van der Waals surface area contributed by atoms with Gasteiger partial charge in [0.2, 0.25) is 0 Å². The summed E-state index contributed by atoms with van der Waals surface area (Å²) in [4.78, 5) is 10.3. The predicted octanol–water partition coefficient (Wildman–Crippen LogP) is 1.39. The fourth-order valence-corrected chi connectivity index (χ4v) is 1.99. The zero-order chi connectivity index (χ0) is 21.5. The van der Waals surface area contributed by atoms with Crippen LogP contribution in [0.2, 0.25) is 0 Å². The number of carboxylic acid groups (broad SMARTS) is 1. The number of aliphatic hydroxyl groups is 3. The first-order chi connectivity index (χ1) is 13.9. The van der Waals surface area contributed by atoms with Crippen LogP contribution in [0.1, 0.15) is 12.8 Å². The first kappa shape index (κ1) is 24.3. The number of aliphatic carboxylic acids is 1. The highest BCUT2D eigenvalue weighted by atomic mass is 19.1. The van der Waals surface area contributed by atoms with Crippen LogP contribution in [0.4, 0.5) is 4.39 Å². The Morgan fingerprint density at radius 1 is 1.10 bits per heavy atom. The van der Waals surface area contributed by atoms with Crippen molar-refractivity contribution in [3.05, 3.63) is 60.2 Å². The maximum Gasteiger partial charge on any atom is 0.329 e. The summed E-state index contributed by atoms with van der Waals surface area (Å²) in [6.07, 6.45) is 9.13. The number of hydrogen-bond acceptors (Lipinski definition) is 6. The maximum absolute atomic E-state index is 12.8. The molecule has 1 aliphatic rings. The van der Waals surface area contributed by atoms with E-state index in [0.29, 0.717) is 18.6 Å². The topological polar surface area (TPSA) is 116 Å². The van der Waals surface area contributed by atoms with E-state index in [2.05, 4.69) is 16.6 Å². The monoisotopic (exact) mass is 408 g/mol. The van der Waals surface area contributed by atoms with Gasteiger partial charge < -0.3 is 29.9 Å². The summed E-state index contributed by atoms with van der Waals surface area (Å²) in [6.45, 7) is -0.802. The van der Waals surface area contributed by atoms with E-state index in [-0.39, 0.29) is 19.0 Å². The van der Waals surface area contributed by atoms with Crippen molar-refractivity contribution in [1.82, 2.24) is 0 Å². The van der Waals surface area contributed by atoms with Crippen molar-refractivity contribution < 1.29 is 39.1 Å². The van der Waals surface area contributed by atoms with Crippen LogP contribution < -0.4 is 0 Å². The van der Waals surface area contributed by atoms with Crippen molar-refractivity contribution in [3.63, 3.8) is 0 Å². The molecule has 8 heteroatoms. The van der Waals surface area contributed by atoms with Gasteiger partial charge in [0.05, 0.1) is 12.4 Å². The van der Waals surface area contributed by atoms with E-state index in [1.54, 1.807) is 6.08 Å². The second-order valence-electron chi connectivity index (χ2n) is 5.98. The Bertz CT molecular complexity index is 725. The lowest BCUT2D eigenvalue weighted by Crippen LogP contribution is -2.29. The fourth-order valence-electron chi connectivity index (χ4n) is 1.99. The largest absolute Gasteiger partial charge is 0.495 e. The first-order valence-corrected chi connectivity index (χ1v) is 8.91. The molecule has 0 saturated heterocycles. The highest BCUT2D eigenvalue weighted by Crippen LogP contribution is 2.19. The first-order valence-electron chi connectivity index (χ1n) is 8.91. The molecule has 0 aromatic carbocycles. The molecular weight excluding hydrogens is 383 g/mol. The molecule has 3 atom stereocenters. The Labute approximate surface area is 168 Å². The van der Waals surface area contributed by atoms with E-state index >= 15 is 0 Å². The Morgan fingerprint density at radius 2 is 1.86 bits per heavy atom. The van der Waals surface area contributed by atoms with E-state index in [0.717, 1.165) is 0 Å². The van der Waals surface area contributed by atoms with Crippen LogP contribution in [0.5, 0.6) is 0 Å². The summed E-state index contributed by atoms with van der Waals surface area (Å²) in [7, 11) is 0. The third-order valence-corrected chi connectivity index (χ3v) is 3.49. The molecule has 29 heavy (non-hydrogen) atoms. The molecule has 0 aliphatic heterocycles. The van der Waals surface area contributed by atoms with E-state index in [1.165, 1.54) is 42.5 Å². The van der Waals surface area contributed by atoms with Crippen molar-refractivity contribution in [3.8, 4) is 11.8 Å². The van der Waals surface area contributed by atoms with Crippen molar-refractivity contribution in [1.29, 1.82) is 0 Å².